The first-order valence-corrected chi connectivity index (χ1v) is 13.2. The molecule has 0 amide bonds. The van der Waals surface area contributed by atoms with Crippen LogP contribution in [-0.2, 0) is 15.4 Å². The highest BCUT2D eigenvalue weighted by atomic mass is 32.2. The Balaban J connectivity index is 1.75. The summed E-state index contributed by atoms with van der Waals surface area (Å²) in [6.45, 7) is 5.63. The fourth-order valence-corrected chi connectivity index (χ4v) is 6.57. The van der Waals surface area contributed by atoms with E-state index in [1.165, 1.54) is 18.4 Å². The second-order valence-electron chi connectivity index (χ2n) is 9.18. The number of nitrogens with zero attached hydrogens (tertiary/aromatic N) is 3. The molecule has 1 saturated carbocycles. The quantitative estimate of drug-likeness (QED) is 0.461. The number of aliphatic hydroxyl groups excluding tert-OH is 2. The van der Waals surface area contributed by atoms with Crippen LogP contribution in [0.4, 0.5) is 0 Å². The molecule has 2 heterocycles. The normalized spacial score (nSPS) is 19.8. The fraction of sp³-hybridized carbons (Fsp3) is 0.545. The monoisotopic (exact) mass is 494 g/mol. The molecule has 0 atom stereocenters. The molecule has 4 rings (SSSR count). The smallest absolute Gasteiger partial charge is 0.244 e. The van der Waals surface area contributed by atoms with Gasteiger partial charge < -0.3 is 14.9 Å². The van der Waals surface area contributed by atoms with Crippen LogP contribution in [0.3, 0.4) is 0 Å². The van der Waals surface area contributed by atoms with Crippen molar-refractivity contribution in [1.29, 1.82) is 0 Å². The summed E-state index contributed by atoms with van der Waals surface area (Å²) in [5, 5.41) is 24.9. The molecule has 1 aliphatic carbocycles. The highest BCUT2D eigenvalue weighted by Gasteiger charge is 2.29. The first-order valence-electron chi connectivity index (χ1n) is 10.9. The molecule has 33 heavy (non-hydrogen) atoms. The van der Waals surface area contributed by atoms with Gasteiger partial charge in [-0.25, -0.2) is 22.6 Å². The van der Waals surface area contributed by atoms with Crippen LogP contribution in [0, 0.1) is 6.92 Å². The van der Waals surface area contributed by atoms with E-state index in [1.807, 2.05) is 20.8 Å². The van der Waals surface area contributed by atoms with Gasteiger partial charge in [0.2, 0.25) is 15.0 Å². The van der Waals surface area contributed by atoms with E-state index in [4.69, 9.17) is 4.74 Å². The summed E-state index contributed by atoms with van der Waals surface area (Å²) in [5.41, 5.74) is 1.56. The lowest BCUT2D eigenvalue weighted by molar-refractivity contribution is 0.120. The minimum absolute atomic E-state index is 0.0488. The second-order valence-corrected chi connectivity index (χ2v) is 11.8. The molecule has 0 aliphatic heterocycles. The number of imidazole rings is 1. The number of hydrogen-bond acceptors (Lipinski definition) is 8. The van der Waals surface area contributed by atoms with E-state index in [2.05, 4.69) is 14.8 Å². The molecule has 3 N–H and O–H groups in total. The predicted octanol–water partition coefficient (Wildman–Crippen LogP) is 2.63. The maximum atomic E-state index is 13.3. The molecule has 11 heteroatoms. The Morgan fingerprint density at radius 2 is 1.97 bits per heavy atom. The van der Waals surface area contributed by atoms with Gasteiger partial charge in [-0.1, -0.05) is 25.2 Å². The van der Waals surface area contributed by atoms with Gasteiger partial charge in [-0.05, 0) is 50.8 Å². The number of ether oxygens (including phenoxy) is 1. The van der Waals surface area contributed by atoms with Crippen LogP contribution < -0.4 is 9.46 Å². The minimum atomic E-state index is -3.86. The number of rotatable bonds is 7. The van der Waals surface area contributed by atoms with Crippen molar-refractivity contribution < 1.29 is 23.4 Å². The first-order chi connectivity index (χ1) is 15.6. The molecular formula is C22H30N4O5S2. The maximum Gasteiger partial charge on any atom is 0.244 e. The Morgan fingerprint density at radius 1 is 1.27 bits per heavy atom. The van der Waals surface area contributed by atoms with Crippen LogP contribution in [0.15, 0.2) is 23.1 Å². The van der Waals surface area contributed by atoms with Crippen molar-refractivity contribution in [3.05, 3.63) is 28.9 Å². The summed E-state index contributed by atoms with van der Waals surface area (Å²) >= 11 is 1.40. The highest BCUT2D eigenvalue weighted by Crippen LogP contribution is 2.35. The van der Waals surface area contributed by atoms with Crippen molar-refractivity contribution in [3.8, 4) is 17.0 Å². The molecule has 0 unspecified atom stereocenters. The summed E-state index contributed by atoms with van der Waals surface area (Å²) in [5.74, 6) is 0.251. The minimum Gasteiger partial charge on any atom is -0.495 e. The summed E-state index contributed by atoms with van der Waals surface area (Å²) in [6.07, 6.45) is 1.97. The van der Waals surface area contributed by atoms with Crippen molar-refractivity contribution in [3.63, 3.8) is 0 Å². The van der Waals surface area contributed by atoms with E-state index in [0.717, 1.165) is 10.7 Å². The lowest BCUT2D eigenvalue weighted by Gasteiger charge is -2.26. The molecular weight excluding hydrogens is 464 g/mol. The average molecular weight is 495 g/mol. The molecule has 1 fully saturated rings. The van der Waals surface area contributed by atoms with Crippen LogP contribution in [0.5, 0.6) is 5.75 Å². The molecule has 180 valence electrons. The van der Waals surface area contributed by atoms with E-state index < -0.39 is 15.4 Å². The van der Waals surface area contributed by atoms with Crippen molar-refractivity contribution in [1.82, 2.24) is 19.3 Å². The lowest BCUT2D eigenvalue weighted by atomic mass is 9.94. The zero-order valence-electron chi connectivity index (χ0n) is 19.2. The summed E-state index contributed by atoms with van der Waals surface area (Å²) in [7, 11) is -2.42. The third kappa shape index (κ3) is 4.65. The third-order valence-corrected chi connectivity index (χ3v) is 8.91. The van der Waals surface area contributed by atoms with Crippen molar-refractivity contribution in [2.24, 2.45) is 0 Å². The van der Waals surface area contributed by atoms with Crippen LogP contribution in [0.2, 0.25) is 0 Å². The fourth-order valence-electron chi connectivity index (χ4n) is 4.03. The van der Waals surface area contributed by atoms with E-state index in [9.17, 15) is 18.6 Å². The molecule has 1 aromatic carbocycles. The van der Waals surface area contributed by atoms with E-state index in [-0.39, 0.29) is 29.4 Å². The van der Waals surface area contributed by atoms with E-state index in [1.54, 1.807) is 22.7 Å². The number of sulfonamides is 1. The molecule has 3 aromatic rings. The molecule has 2 aromatic heterocycles. The number of fused-ring (bicyclic) bond motifs is 1. The average Bonchev–Trinajstić information content (AvgIpc) is 3.32. The second kappa shape index (κ2) is 8.95. The maximum absolute atomic E-state index is 13.3. The Bertz CT molecular complexity index is 1260. The number of benzene rings is 1. The van der Waals surface area contributed by atoms with Gasteiger partial charge >= 0.3 is 0 Å². The summed E-state index contributed by atoms with van der Waals surface area (Å²) < 4.78 is 36.4. The third-order valence-electron chi connectivity index (χ3n) is 6.10. The Labute approximate surface area is 197 Å². The lowest BCUT2D eigenvalue weighted by Crippen LogP contribution is -2.38. The Hall–Kier alpha value is -2.05. The molecule has 0 radical (unpaired) electrons. The van der Waals surface area contributed by atoms with Gasteiger partial charge in [-0.15, -0.1) is 0 Å². The van der Waals surface area contributed by atoms with Crippen molar-refractivity contribution in [2.75, 3.05) is 13.7 Å². The molecule has 1 aliphatic rings. The number of aliphatic hydroxyl groups is 2. The number of hydrogen-bond donors (Lipinski definition) is 3. The number of aromatic nitrogens is 3. The van der Waals surface area contributed by atoms with Gasteiger partial charge in [0, 0.05) is 17.0 Å². The Morgan fingerprint density at radius 3 is 2.61 bits per heavy atom. The van der Waals surface area contributed by atoms with Gasteiger partial charge in [-0.3, -0.25) is 0 Å². The van der Waals surface area contributed by atoms with Crippen molar-refractivity contribution in [2.45, 2.75) is 68.9 Å². The SMILES string of the molecule is COc1ccc(-c2c(C)nc3sc(C(C)(C)CO)nn23)cc1S(=O)(=O)N[C@H]1CC[C@@H](O)CC1. The van der Waals surface area contributed by atoms with E-state index in [0.29, 0.717) is 41.9 Å². The largest absolute Gasteiger partial charge is 0.495 e. The van der Waals surface area contributed by atoms with Crippen molar-refractivity contribution >= 4 is 26.3 Å². The zero-order chi connectivity index (χ0) is 24.0. The van der Waals surface area contributed by atoms with Gasteiger partial charge in [0.25, 0.3) is 0 Å². The van der Waals surface area contributed by atoms with E-state index >= 15 is 0 Å². The Kier molecular flexibility index (Phi) is 6.53. The van der Waals surface area contributed by atoms with Crippen LogP contribution in [0.1, 0.15) is 50.2 Å². The molecule has 0 bridgehead atoms. The van der Waals surface area contributed by atoms with Crippen LogP contribution >= 0.6 is 11.3 Å². The first kappa shape index (κ1) is 24.1. The van der Waals surface area contributed by atoms with Gasteiger partial charge in [-0.2, -0.15) is 5.10 Å². The summed E-state index contributed by atoms with van der Waals surface area (Å²) in [6, 6.07) is 4.79. The number of aryl methyl sites for hydroxylation is 1. The zero-order valence-corrected chi connectivity index (χ0v) is 20.8. The molecule has 9 nitrogen and oxygen atoms in total. The molecule has 0 saturated heterocycles. The predicted molar refractivity (Wildman–Crippen MR) is 126 cm³/mol. The summed E-state index contributed by atoms with van der Waals surface area (Å²) in [4.78, 5) is 5.34. The highest BCUT2D eigenvalue weighted by molar-refractivity contribution is 7.89. The van der Waals surface area contributed by atoms with Crippen LogP contribution in [0.25, 0.3) is 16.2 Å². The number of methoxy groups -OCH3 is 1. The van der Waals surface area contributed by atoms with Gasteiger partial charge in [0.05, 0.1) is 31.2 Å². The van der Waals surface area contributed by atoms with Gasteiger partial charge in [0.1, 0.15) is 15.7 Å². The molecule has 0 spiro atoms. The van der Waals surface area contributed by atoms with Crippen LogP contribution in [-0.4, -0.2) is 59.1 Å². The van der Waals surface area contributed by atoms with Gasteiger partial charge in [0.15, 0.2) is 0 Å². The topological polar surface area (TPSA) is 126 Å². The standard InChI is InChI=1S/C22H30N4O5S2/c1-13-19(26-21(23-13)32-20(24-26)22(2,3)12-27)14-5-10-17(31-4)18(11-14)33(29,30)25-15-6-8-16(28)9-7-15/h5,10-11,15-16,25,27-28H,6-9,12H2,1-4H3/t15-,16+. The number of nitrogens with one attached hydrogen (secondary N) is 1.